The highest BCUT2D eigenvalue weighted by molar-refractivity contribution is 9.10. The molecule has 1 aromatic heterocycles. The van der Waals surface area contributed by atoms with E-state index < -0.39 is 10.0 Å². The Bertz CT molecular complexity index is 962. The van der Waals surface area contributed by atoms with Crippen molar-refractivity contribution in [3.8, 4) is 6.07 Å². The fraction of sp³-hybridized carbons (Fsp3) is 0.235. The Balaban J connectivity index is 1.70. The first-order valence-electron chi connectivity index (χ1n) is 7.83. The minimum atomic E-state index is -3.62. The van der Waals surface area contributed by atoms with Gasteiger partial charge in [0.2, 0.25) is 10.0 Å². The van der Waals surface area contributed by atoms with E-state index in [9.17, 15) is 13.2 Å². The molecule has 1 saturated heterocycles. The number of carbonyl (C=O) groups is 1. The monoisotopic (exact) mass is 434 g/mol. The Labute approximate surface area is 160 Å². The van der Waals surface area contributed by atoms with Crippen molar-refractivity contribution in [1.82, 2.24) is 14.2 Å². The molecule has 0 bridgehead atoms. The quantitative estimate of drug-likeness (QED) is 0.734. The third-order valence-electron chi connectivity index (χ3n) is 4.09. The van der Waals surface area contributed by atoms with Gasteiger partial charge in [-0.25, -0.2) is 13.4 Å². The SMILES string of the molecule is N#Cc1ccc(C(=O)N2CCN(S(=O)(=O)c3ccccc3Br)CC2)nc1. The predicted octanol–water partition coefficient (Wildman–Crippen LogP) is 1.86. The van der Waals surface area contributed by atoms with Crippen LogP contribution in [0.3, 0.4) is 0 Å². The summed E-state index contributed by atoms with van der Waals surface area (Å²) in [5.41, 5.74) is 0.622. The molecule has 134 valence electrons. The normalized spacial score (nSPS) is 15.5. The number of hydrogen-bond donors (Lipinski definition) is 0. The summed E-state index contributed by atoms with van der Waals surface area (Å²) in [5.74, 6) is -0.271. The van der Waals surface area contributed by atoms with Crippen molar-refractivity contribution in [2.75, 3.05) is 26.2 Å². The smallest absolute Gasteiger partial charge is 0.272 e. The van der Waals surface area contributed by atoms with Crippen LogP contribution in [-0.2, 0) is 10.0 Å². The maximum absolute atomic E-state index is 12.8. The molecule has 0 spiro atoms. The highest BCUT2D eigenvalue weighted by Gasteiger charge is 2.31. The molecule has 0 aliphatic carbocycles. The zero-order valence-corrected chi connectivity index (χ0v) is 16.1. The first kappa shape index (κ1) is 18.5. The van der Waals surface area contributed by atoms with Gasteiger partial charge in [0.1, 0.15) is 11.8 Å². The van der Waals surface area contributed by atoms with E-state index in [1.165, 1.54) is 22.6 Å². The second kappa shape index (κ2) is 7.53. The zero-order valence-electron chi connectivity index (χ0n) is 13.7. The Morgan fingerprint density at radius 2 is 1.81 bits per heavy atom. The van der Waals surface area contributed by atoms with Crippen molar-refractivity contribution in [1.29, 1.82) is 5.26 Å². The first-order chi connectivity index (χ1) is 12.4. The summed E-state index contributed by atoms with van der Waals surface area (Å²) in [6.45, 7) is 0.992. The third-order valence-corrected chi connectivity index (χ3v) is 7.00. The largest absolute Gasteiger partial charge is 0.335 e. The van der Waals surface area contributed by atoms with Crippen molar-refractivity contribution in [3.05, 3.63) is 58.3 Å². The molecule has 0 radical (unpaired) electrons. The number of piperazine rings is 1. The Morgan fingerprint density at radius 1 is 1.12 bits per heavy atom. The van der Waals surface area contributed by atoms with Gasteiger partial charge in [0.05, 0.1) is 10.5 Å². The van der Waals surface area contributed by atoms with Crippen molar-refractivity contribution >= 4 is 31.9 Å². The lowest BCUT2D eigenvalue weighted by Gasteiger charge is -2.34. The molecule has 1 fully saturated rings. The number of benzene rings is 1. The van der Waals surface area contributed by atoms with Crippen LogP contribution in [0.15, 0.2) is 52.0 Å². The predicted molar refractivity (Wildman–Crippen MR) is 97.8 cm³/mol. The van der Waals surface area contributed by atoms with Gasteiger partial charge in [-0.2, -0.15) is 9.57 Å². The van der Waals surface area contributed by atoms with Gasteiger partial charge in [-0.05, 0) is 40.2 Å². The van der Waals surface area contributed by atoms with Crippen LogP contribution in [0.25, 0.3) is 0 Å². The second-order valence-electron chi connectivity index (χ2n) is 5.67. The van der Waals surface area contributed by atoms with E-state index in [1.54, 1.807) is 29.2 Å². The lowest BCUT2D eigenvalue weighted by molar-refractivity contribution is 0.0692. The van der Waals surface area contributed by atoms with E-state index >= 15 is 0 Å². The maximum Gasteiger partial charge on any atom is 0.272 e. The fourth-order valence-corrected chi connectivity index (χ4v) is 5.06. The van der Waals surface area contributed by atoms with Crippen LogP contribution >= 0.6 is 15.9 Å². The van der Waals surface area contributed by atoms with E-state index in [0.717, 1.165) is 0 Å². The highest BCUT2D eigenvalue weighted by atomic mass is 79.9. The molecule has 1 amide bonds. The molecule has 1 aromatic carbocycles. The summed E-state index contributed by atoms with van der Waals surface area (Å²) in [4.78, 5) is 18.3. The van der Waals surface area contributed by atoms with Crippen molar-refractivity contribution in [2.45, 2.75) is 4.90 Å². The van der Waals surface area contributed by atoms with Crippen molar-refractivity contribution in [3.63, 3.8) is 0 Å². The summed E-state index contributed by atoms with van der Waals surface area (Å²) in [6, 6.07) is 11.7. The summed E-state index contributed by atoms with van der Waals surface area (Å²) in [7, 11) is -3.62. The number of carbonyl (C=O) groups excluding carboxylic acids is 1. The topological polar surface area (TPSA) is 94.4 Å². The number of nitrogens with zero attached hydrogens (tertiary/aromatic N) is 4. The van der Waals surface area contributed by atoms with Crippen LogP contribution in [-0.4, -0.2) is 54.7 Å². The van der Waals surface area contributed by atoms with E-state index in [1.807, 2.05) is 6.07 Å². The van der Waals surface area contributed by atoms with Crippen LogP contribution in [0.5, 0.6) is 0 Å². The van der Waals surface area contributed by atoms with E-state index in [-0.39, 0.29) is 42.7 Å². The lowest BCUT2D eigenvalue weighted by Crippen LogP contribution is -2.50. The molecular weight excluding hydrogens is 420 g/mol. The number of amides is 1. The first-order valence-corrected chi connectivity index (χ1v) is 10.1. The lowest BCUT2D eigenvalue weighted by atomic mass is 10.2. The van der Waals surface area contributed by atoms with Crippen LogP contribution in [0.2, 0.25) is 0 Å². The maximum atomic E-state index is 12.8. The van der Waals surface area contributed by atoms with Gasteiger partial charge in [-0.15, -0.1) is 0 Å². The molecule has 7 nitrogen and oxygen atoms in total. The molecule has 1 aliphatic rings. The van der Waals surface area contributed by atoms with Gasteiger partial charge < -0.3 is 4.90 Å². The van der Waals surface area contributed by atoms with Gasteiger partial charge in [-0.1, -0.05) is 12.1 Å². The molecule has 9 heteroatoms. The van der Waals surface area contributed by atoms with Gasteiger partial charge >= 0.3 is 0 Å². The molecule has 1 aliphatic heterocycles. The van der Waals surface area contributed by atoms with Gasteiger partial charge in [0.15, 0.2) is 0 Å². The average Bonchev–Trinajstić information content (AvgIpc) is 2.68. The second-order valence-corrected chi connectivity index (χ2v) is 8.43. The molecule has 0 atom stereocenters. The standard InChI is InChI=1S/C17H15BrN4O3S/c18-14-3-1-2-4-16(14)26(24,25)22-9-7-21(8-10-22)17(23)15-6-5-13(11-19)12-20-15/h1-6,12H,7-10H2. The van der Waals surface area contributed by atoms with E-state index in [4.69, 9.17) is 5.26 Å². The van der Waals surface area contributed by atoms with E-state index in [0.29, 0.717) is 10.0 Å². The minimum Gasteiger partial charge on any atom is -0.335 e. The number of rotatable bonds is 3. The molecule has 0 unspecified atom stereocenters. The number of halogens is 1. The number of sulfonamides is 1. The van der Waals surface area contributed by atoms with Crippen molar-refractivity contribution < 1.29 is 13.2 Å². The van der Waals surface area contributed by atoms with Crippen LogP contribution < -0.4 is 0 Å². The summed E-state index contributed by atoms with van der Waals surface area (Å²) in [6.07, 6.45) is 1.35. The Morgan fingerprint density at radius 3 is 2.38 bits per heavy atom. The molecule has 3 rings (SSSR count). The molecule has 26 heavy (non-hydrogen) atoms. The van der Waals surface area contributed by atoms with E-state index in [2.05, 4.69) is 20.9 Å². The van der Waals surface area contributed by atoms with Crippen LogP contribution in [0.1, 0.15) is 16.1 Å². The molecular formula is C17H15BrN4O3S. The summed E-state index contributed by atoms with van der Waals surface area (Å²) >= 11 is 3.27. The van der Waals surface area contributed by atoms with Gasteiger partial charge in [-0.3, -0.25) is 4.79 Å². The average molecular weight is 435 g/mol. The zero-order chi connectivity index (χ0) is 18.7. The summed E-state index contributed by atoms with van der Waals surface area (Å²) in [5, 5.41) is 8.78. The van der Waals surface area contributed by atoms with Crippen LogP contribution in [0, 0.1) is 11.3 Å². The number of hydrogen-bond acceptors (Lipinski definition) is 5. The Kier molecular flexibility index (Phi) is 5.36. The summed E-state index contributed by atoms with van der Waals surface area (Å²) < 4.78 is 27.4. The Hall–Kier alpha value is -2.28. The molecule has 0 saturated carbocycles. The fourth-order valence-electron chi connectivity index (χ4n) is 2.67. The molecule has 0 N–H and O–H groups in total. The highest BCUT2D eigenvalue weighted by Crippen LogP contribution is 2.25. The van der Waals surface area contributed by atoms with Crippen molar-refractivity contribution in [2.24, 2.45) is 0 Å². The third kappa shape index (κ3) is 3.62. The number of nitriles is 1. The van der Waals surface area contributed by atoms with Gasteiger partial charge in [0.25, 0.3) is 5.91 Å². The number of aromatic nitrogens is 1. The van der Waals surface area contributed by atoms with Crippen LogP contribution in [0.4, 0.5) is 0 Å². The minimum absolute atomic E-state index is 0.214. The van der Waals surface area contributed by atoms with Gasteiger partial charge in [0, 0.05) is 36.8 Å². The number of pyridine rings is 1. The molecule has 2 heterocycles. The molecule has 2 aromatic rings.